The number of thiocarbonyl (C=S) groups is 1. The van der Waals surface area contributed by atoms with Gasteiger partial charge in [-0.2, -0.15) is 0 Å². The second-order valence-electron chi connectivity index (χ2n) is 6.19. The zero-order chi connectivity index (χ0) is 15.6. The van der Waals surface area contributed by atoms with E-state index in [1.807, 2.05) is 24.3 Å². The van der Waals surface area contributed by atoms with Crippen molar-refractivity contribution in [1.29, 1.82) is 0 Å². The average molecular weight is 299 g/mol. The first-order valence-corrected chi connectivity index (χ1v) is 7.37. The molecule has 0 saturated carbocycles. The molecule has 0 heterocycles. The normalized spacial score (nSPS) is 11.2. The molecule has 2 aromatic rings. The van der Waals surface area contributed by atoms with Gasteiger partial charge in [-0.25, -0.2) is 0 Å². The number of nitrogens with two attached hydrogens (primary N) is 1. The van der Waals surface area contributed by atoms with Gasteiger partial charge in [0.15, 0.2) is 0 Å². The van der Waals surface area contributed by atoms with Crippen LogP contribution in [0.3, 0.4) is 0 Å². The van der Waals surface area contributed by atoms with Crippen LogP contribution in [0.4, 0.5) is 0 Å². The van der Waals surface area contributed by atoms with Gasteiger partial charge in [-0.3, -0.25) is 0 Å². The molecule has 2 nitrogen and oxygen atoms in total. The monoisotopic (exact) mass is 299 g/mol. The molecule has 0 aromatic heterocycles. The van der Waals surface area contributed by atoms with E-state index >= 15 is 0 Å². The van der Waals surface area contributed by atoms with Crippen molar-refractivity contribution < 1.29 is 4.74 Å². The molecule has 2 rings (SSSR count). The minimum absolute atomic E-state index is 0.0279. The number of hydrogen-bond acceptors (Lipinski definition) is 2. The Morgan fingerprint density at radius 2 is 1.67 bits per heavy atom. The Balaban J connectivity index is 2.37. The molecule has 0 atom stereocenters. The van der Waals surface area contributed by atoms with Gasteiger partial charge in [0, 0.05) is 11.1 Å². The van der Waals surface area contributed by atoms with Crippen LogP contribution >= 0.6 is 12.2 Å². The van der Waals surface area contributed by atoms with Gasteiger partial charge in [0.25, 0.3) is 0 Å². The average Bonchev–Trinajstić information content (AvgIpc) is 2.40. The number of aryl methyl sites for hydroxylation is 1. The standard InChI is InChI=1S/C18H21NOS/c1-12-6-5-7-15(18(2,3)4)16(12)20-14-10-8-13(9-11-14)17(19)21/h5-11H,1-4H3,(H2,19,21). The van der Waals surface area contributed by atoms with E-state index in [0.29, 0.717) is 4.99 Å². The summed E-state index contributed by atoms with van der Waals surface area (Å²) >= 11 is 4.96. The molecule has 0 aliphatic rings. The fourth-order valence-electron chi connectivity index (χ4n) is 2.18. The Morgan fingerprint density at radius 3 is 2.19 bits per heavy atom. The van der Waals surface area contributed by atoms with Crippen molar-refractivity contribution in [3.05, 3.63) is 59.2 Å². The molecular formula is C18H21NOS. The highest BCUT2D eigenvalue weighted by molar-refractivity contribution is 7.80. The van der Waals surface area contributed by atoms with Crippen LogP contribution in [0.15, 0.2) is 42.5 Å². The summed E-state index contributed by atoms with van der Waals surface area (Å²) in [7, 11) is 0. The second-order valence-corrected chi connectivity index (χ2v) is 6.63. The molecule has 2 aromatic carbocycles. The lowest BCUT2D eigenvalue weighted by atomic mass is 9.85. The number of rotatable bonds is 3. The molecule has 2 N–H and O–H groups in total. The van der Waals surface area contributed by atoms with Crippen molar-refractivity contribution in [3.8, 4) is 11.5 Å². The number of para-hydroxylation sites is 1. The first-order valence-electron chi connectivity index (χ1n) is 6.97. The summed E-state index contributed by atoms with van der Waals surface area (Å²) in [5, 5.41) is 0. The van der Waals surface area contributed by atoms with E-state index in [1.165, 1.54) is 5.56 Å². The molecule has 0 saturated heterocycles. The molecular weight excluding hydrogens is 278 g/mol. The highest BCUT2D eigenvalue weighted by Crippen LogP contribution is 2.36. The summed E-state index contributed by atoms with van der Waals surface area (Å²) in [5.41, 5.74) is 8.81. The lowest BCUT2D eigenvalue weighted by Gasteiger charge is -2.24. The van der Waals surface area contributed by atoms with Gasteiger partial charge >= 0.3 is 0 Å². The van der Waals surface area contributed by atoms with Crippen molar-refractivity contribution in [2.24, 2.45) is 5.73 Å². The zero-order valence-electron chi connectivity index (χ0n) is 12.9. The maximum absolute atomic E-state index is 6.12. The van der Waals surface area contributed by atoms with E-state index in [4.69, 9.17) is 22.7 Å². The van der Waals surface area contributed by atoms with E-state index in [2.05, 4.69) is 45.9 Å². The number of benzene rings is 2. The highest BCUT2D eigenvalue weighted by Gasteiger charge is 2.20. The number of hydrogen-bond donors (Lipinski definition) is 1. The minimum atomic E-state index is 0.0279. The van der Waals surface area contributed by atoms with Crippen LogP contribution in [0.1, 0.15) is 37.5 Å². The smallest absolute Gasteiger partial charge is 0.134 e. The summed E-state index contributed by atoms with van der Waals surface area (Å²) in [6.07, 6.45) is 0. The Kier molecular flexibility index (Phi) is 4.33. The molecule has 110 valence electrons. The number of ether oxygens (including phenoxy) is 1. The summed E-state index contributed by atoms with van der Waals surface area (Å²) < 4.78 is 6.12. The zero-order valence-corrected chi connectivity index (χ0v) is 13.8. The first kappa shape index (κ1) is 15.5. The molecule has 21 heavy (non-hydrogen) atoms. The fraction of sp³-hybridized carbons (Fsp3) is 0.278. The molecule has 0 unspecified atom stereocenters. The summed E-state index contributed by atoms with van der Waals surface area (Å²) in [4.78, 5) is 0.396. The Labute approximate surface area is 131 Å². The van der Waals surface area contributed by atoms with E-state index in [9.17, 15) is 0 Å². The predicted molar refractivity (Wildman–Crippen MR) is 92.3 cm³/mol. The summed E-state index contributed by atoms with van der Waals surface area (Å²) in [6.45, 7) is 8.62. The van der Waals surface area contributed by atoms with Gasteiger partial charge in [-0.1, -0.05) is 51.2 Å². The van der Waals surface area contributed by atoms with Crippen molar-refractivity contribution in [2.75, 3.05) is 0 Å². The minimum Gasteiger partial charge on any atom is -0.457 e. The lowest BCUT2D eigenvalue weighted by Crippen LogP contribution is -2.13. The molecule has 0 fully saturated rings. The van der Waals surface area contributed by atoms with Gasteiger partial charge in [0.1, 0.15) is 16.5 Å². The molecule has 0 amide bonds. The maximum atomic E-state index is 6.12. The van der Waals surface area contributed by atoms with E-state index in [-0.39, 0.29) is 5.41 Å². The molecule has 3 heteroatoms. The van der Waals surface area contributed by atoms with Gasteiger partial charge in [0.05, 0.1) is 0 Å². The lowest BCUT2D eigenvalue weighted by molar-refractivity contribution is 0.452. The van der Waals surface area contributed by atoms with Crippen molar-refractivity contribution in [3.63, 3.8) is 0 Å². The second kappa shape index (κ2) is 5.86. The third kappa shape index (κ3) is 3.61. The van der Waals surface area contributed by atoms with Gasteiger partial charge in [-0.15, -0.1) is 0 Å². The summed E-state index contributed by atoms with van der Waals surface area (Å²) in [6, 6.07) is 13.8. The van der Waals surface area contributed by atoms with Crippen LogP contribution in [0.2, 0.25) is 0 Å². The maximum Gasteiger partial charge on any atom is 0.134 e. The van der Waals surface area contributed by atoms with Crippen molar-refractivity contribution in [1.82, 2.24) is 0 Å². The molecule has 0 bridgehead atoms. The Hall–Kier alpha value is -1.87. The predicted octanol–water partition coefficient (Wildman–Crippen LogP) is 4.72. The highest BCUT2D eigenvalue weighted by atomic mass is 32.1. The Bertz CT molecular complexity index is 654. The van der Waals surface area contributed by atoms with Crippen LogP contribution in [-0.4, -0.2) is 4.99 Å². The van der Waals surface area contributed by atoms with Crippen LogP contribution in [0, 0.1) is 6.92 Å². The molecule has 0 aliphatic carbocycles. The quantitative estimate of drug-likeness (QED) is 0.833. The van der Waals surface area contributed by atoms with Crippen LogP contribution in [0.25, 0.3) is 0 Å². The van der Waals surface area contributed by atoms with Gasteiger partial charge < -0.3 is 10.5 Å². The fourth-order valence-corrected chi connectivity index (χ4v) is 2.32. The van der Waals surface area contributed by atoms with Crippen molar-refractivity contribution >= 4 is 17.2 Å². The van der Waals surface area contributed by atoms with E-state index in [1.54, 1.807) is 0 Å². The SMILES string of the molecule is Cc1cccc(C(C)(C)C)c1Oc1ccc(C(N)=S)cc1. The van der Waals surface area contributed by atoms with E-state index < -0.39 is 0 Å². The molecule has 0 spiro atoms. The van der Waals surface area contributed by atoms with Gasteiger partial charge in [-0.05, 0) is 42.2 Å². The van der Waals surface area contributed by atoms with Crippen LogP contribution in [0.5, 0.6) is 11.5 Å². The molecule has 0 radical (unpaired) electrons. The topological polar surface area (TPSA) is 35.2 Å². The van der Waals surface area contributed by atoms with Crippen LogP contribution in [-0.2, 0) is 5.41 Å². The summed E-state index contributed by atoms with van der Waals surface area (Å²) in [5.74, 6) is 1.71. The third-order valence-electron chi connectivity index (χ3n) is 3.38. The first-order chi connectivity index (χ1) is 9.79. The van der Waals surface area contributed by atoms with Crippen LogP contribution < -0.4 is 10.5 Å². The van der Waals surface area contributed by atoms with Crippen molar-refractivity contribution in [2.45, 2.75) is 33.1 Å². The Morgan fingerprint density at radius 1 is 1.05 bits per heavy atom. The van der Waals surface area contributed by atoms with Gasteiger partial charge in [0.2, 0.25) is 0 Å². The largest absolute Gasteiger partial charge is 0.457 e. The molecule has 0 aliphatic heterocycles. The van der Waals surface area contributed by atoms with E-state index in [0.717, 1.165) is 22.6 Å². The third-order valence-corrected chi connectivity index (χ3v) is 3.61.